The lowest BCUT2D eigenvalue weighted by molar-refractivity contribution is -0.119. The number of carbonyl (C=O) groups excluding carboxylic acids is 1. The van der Waals surface area contributed by atoms with Crippen molar-refractivity contribution in [2.24, 2.45) is 0 Å². The van der Waals surface area contributed by atoms with Crippen molar-refractivity contribution >= 4 is 17.7 Å². The van der Waals surface area contributed by atoms with Crippen molar-refractivity contribution in [3.05, 3.63) is 54.2 Å². The molecule has 0 aliphatic rings. The first-order valence-electron chi connectivity index (χ1n) is 8.95. The third-order valence-electron chi connectivity index (χ3n) is 4.24. The van der Waals surface area contributed by atoms with E-state index in [2.05, 4.69) is 20.5 Å². The first-order chi connectivity index (χ1) is 13.1. The smallest absolute Gasteiger partial charge is 0.230 e. The lowest BCUT2D eigenvalue weighted by Gasteiger charge is -2.13. The average Bonchev–Trinajstić information content (AvgIpc) is 3.11. The molecule has 3 rings (SSSR count). The highest BCUT2D eigenvalue weighted by Gasteiger charge is 2.19. The van der Waals surface area contributed by atoms with E-state index in [1.165, 1.54) is 11.8 Å². The van der Waals surface area contributed by atoms with Gasteiger partial charge in [0.15, 0.2) is 11.0 Å². The van der Waals surface area contributed by atoms with Crippen molar-refractivity contribution in [2.75, 3.05) is 5.75 Å². The lowest BCUT2D eigenvalue weighted by Crippen LogP contribution is -2.33. The van der Waals surface area contributed by atoms with Crippen LogP contribution in [0.15, 0.2) is 53.8 Å². The normalized spacial score (nSPS) is 12.0. The van der Waals surface area contributed by atoms with E-state index >= 15 is 0 Å². The Morgan fingerprint density at radius 1 is 1.19 bits per heavy atom. The van der Waals surface area contributed by atoms with Crippen LogP contribution in [0.1, 0.15) is 25.8 Å². The minimum absolute atomic E-state index is 0.00642. The minimum Gasteiger partial charge on any atom is -0.353 e. The molecular formula is C20H23N5OS. The number of nitrogens with one attached hydrogen (secondary N) is 1. The second-order valence-electron chi connectivity index (χ2n) is 6.31. The van der Waals surface area contributed by atoms with Crippen molar-refractivity contribution < 1.29 is 4.79 Å². The number of carbonyl (C=O) groups is 1. The number of aryl methyl sites for hydroxylation is 1. The van der Waals surface area contributed by atoms with Gasteiger partial charge in [0.1, 0.15) is 5.69 Å². The van der Waals surface area contributed by atoms with Gasteiger partial charge in [0.25, 0.3) is 0 Å². The van der Waals surface area contributed by atoms with Crippen LogP contribution in [0.3, 0.4) is 0 Å². The molecule has 0 radical (unpaired) electrons. The van der Waals surface area contributed by atoms with Gasteiger partial charge in [0.05, 0.1) is 11.4 Å². The maximum atomic E-state index is 12.2. The molecule has 3 aromatic rings. The fourth-order valence-corrected chi connectivity index (χ4v) is 3.36. The molecule has 27 heavy (non-hydrogen) atoms. The van der Waals surface area contributed by atoms with Crippen molar-refractivity contribution in [2.45, 2.75) is 38.4 Å². The number of benzene rings is 1. The third kappa shape index (κ3) is 4.54. The van der Waals surface area contributed by atoms with Gasteiger partial charge in [0, 0.05) is 12.2 Å². The Labute approximate surface area is 163 Å². The quantitative estimate of drug-likeness (QED) is 0.633. The molecule has 0 unspecified atom stereocenters. The standard InChI is InChI=1S/C20H23N5OS/c1-4-15(3)22-18(26)13-27-20-24-23-19(16-10-7-8-12-21-16)25(20)17-11-6-5-9-14(17)2/h5-12,15H,4,13H2,1-3H3,(H,22,26)/t15-/m0/s1. The first-order valence-corrected chi connectivity index (χ1v) is 9.93. The highest BCUT2D eigenvalue weighted by molar-refractivity contribution is 7.99. The number of amides is 1. The number of para-hydroxylation sites is 1. The van der Waals surface area contributed by atoms with Crippen LogP contribution in [0.5, 0.6) is 0 Å². The van der Waals surface area contributed by atoms with Crippen molar-refractivity contribution in [3.8, 4) is 17.2 Å². The van der Waals surface area contributed by atoms with E-state index in [-0.39, 0.29) is 17.7 Å². The molecule has 0 spiro atoms. The molecule has 0 saturated carbocycles. The second-order valence-corrected chi connectivity index (χ2v) is 7.25. The van der Waals surface area contributed by atoms with E-state index in [0.29, 0.717) is 11.0 Å². The predicted molar refractivity (Wildman–Crippen MR) is 108 cm³/mol. The summed E-state index contributed by atoms with van der Waals surface area (Å²) in [7, 11) is 0. The summed E-state index contributed by atoms with van der Waals surface area (Å²) < 4.78 is 1.97. The molecule has 1 amide bonds. The highest BCUT2D eigenvalue weighted by Crippen LogP contribution is 2.28. The lowest BCUT2D eigenvalue weighted by atomic mass is 10.2. The summed E-state index contributed by atoms with van der Waals surface area (Å²) in [6.07, 6.45) is 2.64. The summed E-state index contributed by atoms with van der Waals surface area (Å²) in [4.78, 5) is 16.6. The van der Waals surface area contributed by atoms with E-state index in [1.807, 2.05) is 67.8 Å². The largest absolute Gasteiger partial charge is 0.353 e. The van der Waals surface area contributed by atoms with Gasteiger partial charge in [-0.2, -0.15) is 0 Å². The molecule has 0 aliphatic heterocycles. The molecule has 6 nitrogen and oxygen atoms in total. The molecule has 1 N–H and O–H groups in total. The molecule has 140 valence electrons. The monoisotopic (exact) mass is 381 g/mol. The molecular weight excluding hydrogens is 358 g/mol. The maximum absolute atomic E-state index is 12.2. The summed E-state index contributed by atoms with van der Waals surface area (Å²) in [5, 5.41) is 12.3. The van der Waals surface area contributed by atoms with Crippen LogP contribution >= 0.6 is 11.8 Å². The number of rotatable bonds is 7. The molecule has 0 bridgehead atoms. The Morgan fingerprint density at radius 3 is 2.67 bits per heavy atom. The number of thioether (sulfide) groups is 1. The zero-order chi connectivity index (χ0) is 19.2. The van der Waals surface area contributed by atoms with Gasteiger partial charge in [-0.1, -0.05) is 43.0 Å². The van der Waals surface area contributed by atoms with E-state index in [9.17, 15) is 4.79 Å². The summed E-state index contributed by atoms with van der Waals surface area (Å²) >= 11 is 1.38. The van der Waals surface area contributed by atoms with E-state index in [4.69, 9.17) is 0 Å². The van der Waals surface area contributed by atoms with Crippen LogP contribution < -0.4 is 5.32 Å². The summed E-state index contributed by atoms with van der Waals surface area (Å²) in [6, 6.07) is 13.9. The number of hydrogen-bond acceptors (Lipinski definition) is 5. The maximum Gasteiger partial charge on any atom is 0.230 e. The summed E-state index contributed by atoms with van der Waals surface area (Å²) in [5.74, 6) is 0.944. The topological polar surface area (TPSA) is 72.7 Å². The summed E-state index contributed by atoms with van der Waals surface area (Å²) in [6.45, 7) is 6.09. The van der Waals surface area contributed by atoms with Gasteiger partial charge in [0.2, 0.25) is 5.91 Å². The average molecular weight is 382 g/mol. The predicted octanol–water partition coefficient (Wildman–Crippen LogP) is 3.64. The molecule has 1 atom stereocenters. The number of pyridine rings is 1. The molecule has 0 saturated heterocycles. The molecule has 2 heterocycles. The van der Waals surface area contributed by atoms with Gasteiger partial charge in [-0.15, -0.1) is 10.2 Å². The van der Waals surface area contributed by atoms with Crippen LogP contribution in [0.2, 0.25) is 0 Å². The second kappa shape index (κ2) is 8.81. The third-order valence-corrected chi connectivity index (χ3v) is 5.16. The van der Waals surface area contributed by atoms with Gasteiger partial charge in [-0.25, -0.2) is 0 Å². The minimum atomic E-state index is -0.00642. The van der Waals surface area contributed by atoms with Crippen LogP contribution in [0, 0.1) is 6.92 Å². The molecule has 0 aliphatic carbocycles. The first kappa shape index (κ1) is 19.1. The van der Waals surface area contributed by atoms with Crippen molar-refractivity contribution in [1.29, 1.82) is 0 Å². The van der Waals surface area contributed by atoms with E-state index in [0.717, 1.165) is 23.4 Å². The Balaban J connectivity index is 1.94. The van der Waals surface area contributed by atoms with Gasteiger partial charge < -0.3 is 5.32 Å². The van der Waals surface area contributed by atoms with Crippen LogP contribution in [0.25, 0.3) is 17.2 Å². The van der Waals surface area contributed by atoms with Crippen molar-refractivity contribution in [3.63, 3.8) is 0 Å². The Morgan fingerprint density at radius 2 is 1.96 bits per heavy atom. The fourth-order valence-electron chi connectivity index (χ4n) is 2.60. The van der Waals surface area contributed by atoms with Crippen molar-refractivity contribution in [1.82, 2.24) is 25.1 Å². The zero-order valence-corrected chi connectivity index (χ0v) is 16.5. The number of nitrogens with zero attached hydrogens (tertiary/aromatic N) is 4. The molecule has 1 aromatic carbocycles. The summed E-state index contributed by atoms with van der Waals surface area (Å²) in [5.41, 5.74) is 2.82. The highest BCUT2D eigenvalue weighted by atomic mass is 32.2. The number of aromatic nitrogens is 4. The van der Waals surface area contributed by atoms with E-state index in [1.54, 1.807) is 6.20 Å². The SMILES string of the molecule is CC[C@H](C)NC(=O)CSc1nnc(-c2ccccn2)n1-c1ccccc1C. The van der Waals surface area contributed by atoms with Crippen LogP contribution in [-0.4, -0.2) is 37.5 Å². The Bertz CT molecular complexity index is 910. The zero-order valence-electron chi connectivity index (χ0n) is 15.7. The molecule has 2 aromatic heterocycles. The van der Waals surface area contributed by atoms with Gasteiger partial charge >= 0.3 is 0 Å². The molecule has 0 fully saturated rings. The Hall–Kier alpha value is -2.67. The van der Waals surface area contributed by atoms with Crippen LogP contribution in [0.4, 0.5) is 0 Å². The van der Waals surface area contributed by atoms with Crippen LogP contribution in [-0.2, 0) is 4.79 Å². The fraction of sp³-hybridized carbons (Fsp3) is 0.300. The van der Waals surface area contributed by atoms with Gasteiger partial charge in [-0.05, 0) is 44.0 Å². The Kier molecular flexibility index (Phi) is 6.24. The van der Waals surface area contributed by atoms with E-state index < -0.39 is 0 Å². The number of hydrogen-bond donors (Lipinski definition) is 1. The van der Waals surface area contributed by atoms with Gasteiger partial charge in [-0.3, -0.25) is 14.3 Å². The molecule has 7 heteroatoms.